The van der Waals surface area contributed by atoms with Crippen LogP contribution in [-0.2, 0) is 15.6 Å². The van der Waals surface area contributed by atoms with E-state index in [1.807, 2.05) is 0 Å². The summed E-state index contributed by atoms with van der Waals surface area (Å²) >= 11 is 0. The van der Waals surface area contributed by atoms with Gasteiger partial charge in [0.25, 0.3) is 0 Å². The summed E-state index contributed by atoms with van der Waals surface area (Å²) in [7, 11) is 2.36. The van der Waals surface area contributed by atoms with E-state index < -0.39 is 10.8 Å². The van der Waals surface area contributed by atoms with Crippen LogP contribution in [0, 0.1) is 5.92 Å². The van der Waals surface area contributed by atoms with Crippen molar-refractivity contribution < 1.29 is 9.00 Å². The van der Waals surface area contributed by atoms with Crippen LogP contribution in [0.3, 0.4) is 0 Å². The van der Waals surface area contributed by atoms with Crippen molar-refractivity contribution in [2.75, 3.05) is 32.1 Å². The maximum Gasteiger partial charge on any atom is 0.234 e. The molecule has 1 fully saturated rings. The molecule has 1 aliphatic carbocycles. The van der Waals surface area contributed by atoms with Crippen molar-refractivity contribution in [3.63, 3.8) is 0 Å². The standard InChI is InChI=1S/C12H24N2O2S/c1-4-7-13-11(10-5-6-10)8-17(16)9-12(15)14(2)3/h10-11,13H,4-9H2,1-3H3. The van der Waals surface area contributed by atoms with E-state index in [1.54, 1.807) is 14.1 Å². The lowest BCUT2D eigenvalue weighted by molar-refractivity contribution is -0.125. The van der Waals surface area contributed by atoms with Crippen LogP contribution < -0.4 is 5.32 Å². The van der Waals surface area contributed by atoms with E-state index in [1.165, 1.54) is 17.7 Å². The molecule has 1 aliphatic rings. The van der Waals surface area contributed by atoms with Gasteiger partial charge in [0.1, 0.15) is 5.75 Å². The molecule has 0 spiro atoms. The molecule has 100 valence electrons. The number of carbonyl (C=O) groups excluding carboxylic acids is 1. The third-order valence-corrected chi connectivity index (χ3v) is 4.30. The first-order valence-corrected chi connectivity index (χ1v) is 7.82. The fourth-order valence-electron chi connectivity index (χ4n) is 1.72. The topological polar surface area (TPSA) is 49.4 Å². The van der Waals surface area contributed by atoms with E-state index in [0.717, 1.165) is 13.0 Å². The highest BCUT2D eigenvalue weighted by atomic mass is 32.2. The predicted molar refractivity (Wildman–Crippen MR) is 71.4 cm³/mol. The van der Waals surface area contributed by atoms with Gasteiger partial charge in [0.05, 0.1) is 0 Å². The minimum Gasteiger partial charge on any atom is -0.348 e. The lowest BCUT2D eigenvalue weighted by Gasteiger charge is -2.18. The van der Waals surface area contributed by atoms with Gasteiger partial charge in [0.2, 0.25) is 5.91 Å². The molecule has 1 rings (SSSR count). The molecular formula is C12H24N2O2S. The molecule has 0 saturated heterocycles. The van der Waals surface area contributed by atoms with Crippen LogP contribution in [0.2, 0.25) is 0 Å². The number of hydrogen-bond acceptors (Lipinski definition) is 3. The summed E-state index contributed by atoms with van der Waals surface area (Å²) in [5.41, 5.74) is 0. The molecule has 17 heavy (non-hydrogen) atoms. The summed E-state index contributed by atoms with van der Waals surface area (Å²) in [4.78, 5) is 13.0. The van der Waals surface area contributed by atoms with E-state index in [0.29, 0.717) is 17.7 Å². The first kappa shape index (κ1) is 14.6. The lowest BCUT2D eigenvalue weighted by Crippen LogP contribution is -2.38. The van der Waals surface area contributed by atoms with Gasteiger partial charge < -0.3 is 10.2 Å². The lowest BCUT2D eigenvalue weighted by atomic mass is 10.2. The molecule has 0 aliphatic heterocycles. The number of carbonyl (C=O) groups is 1. The van der Waals surface area contributed by atoms with Crippen LogP contribution in [0.5, 0.6) is 0 Å². The largest absolute Gasteiger partial charge is 0.348 e. The van der Waals surface area contributed by atoms with E-state index in [9.17, 15) is 9.00 Å². The van der Waals surface area contributed by atoms with Gasteiger partial charge in [-0.1, -0.05) is 6.92 Å². The van der Waals surface area contributed by atoms with Gasteiger partial charge in [-0.3, -0.25) is 9.00 Å². The third kappa shape index (κ3) is 5.64. The van der Waals surface area contributed by atoms with Gasteiger partial charge >= 0.3 is 0 Å². The van der Waals surface area contributed by atoms with Gasteiger partial charge in [0, 0.05) is 36.7 Å². The highest BCUT2D eigenvalue weighted by Crippen LogP contribution is 2.33. The van der Waals surface area contributed by atoms with Crippen molar-refractivity contribution in [1.29, 1.82) is 0 Å². The highest BCUT2D eigenvalue weighted by Gasteiger charge is 2.32. The third-order valence-electron chi connectivity index (χ3n) is 3.00. The average molecular weight is 260 g/mol. The van der Waals surface area contributed by atoms with Gasteiger partial charge in [-0.15, -0.1) is 0 Å². The van der Waals surface area contributed by atoms with Crippen LogP contribution in [-0.4, -0.2) is 53.2 Å². The van der Waals surface area contributed by atoms with E-state index in [4.69, 9.17) is 0 Å². The molecule has 0 aromatic heterocycles. The second-order valence-corrected chi connectivity index (χ2v) is 6.44. The van der Waals surface area contributed by atoms with Gasteiger partial charge in [0.15, 0.2) is 0 Å². The van der Waals surface area contributed by atoms with Crippen molar-refractivity contribution in [2.24, 2.45) is 5.92 Å². The van der Waals surface area contributed by atoms with Crippen LogP contribution in [0.4, 0.5) is 0 Å². The van der Waals surface area contributed by atoms with Crippen molar-refractivity contribution in [3.05, 3.63) is 0 Å². The zero-order valence-electron chi connectivity index (χ0n) is 11.1. The van der Waals surface area contributed by atoms with Crippen molar-refractivity contribution >= 4 is 16.7 Å². The van der Waals surface area contributed by atoms with Crippen molar-refractivity contribution in [1.82, 2.24) is 10.2 Å². The second kappa shape index (κ2) is 7.11. The monoisotopic (exact) mass is 260 g/mol. The molecule has 1 saturated carbocycles. The maximum absolute atomic E-state index is 11.9. The fourth-order valence-corrected chi connectivity index (χ4v) is 3.16. The van der Waals surface area contributed by atoms with Crippen LogP contribution >= 0.6 is 0 Å². The molecule has 1 N–H and O–H groups in total. The first-order valence-electron chi connectivity index (χ1n) is 6.33. The van der Waals surface area contributed by atoms with Gasteiger partial charge in [-0.2, -0.15) is 0 Å². The van der Waals surface area contributed by atoms with Crippen LogP contribution in [0.25, 0.3) is 0 Å². The Morgan fingerprint density at radius 3 is 2.59 bits per heavy atom. The first-order chi connectivity index (χ1) is 8.04. The SMILES string of the molecule is CCCNC(CS(=O)CC(=O)N(C)C)C1CC1. The molecule has 1 amide bonds. The Morgan fingerprint density at radius 2 is 2.12 bits per heavy atom. The zero-order chi connectivity index (χ0) is 12.8. The predicted octanol–water partition coefficient (Wildman–Crippen LogP) is 0.602. The molecular weight excluding hydrogens is 236 g/mol. The molecule has 0 radical (unpaired) electrons. The summed E-state index contributed by atoms with van der Waals surface area (Å²) in [6.07, 6.45) is 3.56. The minimum absolute atomic E-state index is 0.0478. The summed E-state index contributed by atoms with van der Waals surface area (Å²) in [6.45, 7) is 3.10. The summed E-state index contributed by atoms with van der Waals surface area (Å²) in [5, 5.41) is 3.45. The summed E-state index contributed by atoms with van der Waals surface area (Å²) in [6, 6.07) is 0.339. The molecule has 5 heteroatoms. The molecule has 0 bridgehead atoms. The Balaban J connectivity index is 2.33. The molecule has 0 aromatic carbocycles. The summed E-state index contributed by atoms with van der Waals surface area (Å²) in [5.74, 6) is 1.40. The number of rotatable bonds is 8. The Kier molecular flexibility index (Phi) is 6.12. The maximum atomic E-state index is 11.9. The minimum atomic E-state index is -1.04. The molecule has 2 unspecified atom stereocenters. The van der Waals surface area contributed by atoms with Gasteiger partial charge in [-0.05, 0) is 31.7 Å². The van der Waals surface area contributed by atoms with E-state index >= 15 is 0 Å². The fraction of sp³-hybridized carbons (Fsp3) is 0.917. The normalized spacial score (nSPS) is 18.8. The molecule has 0 heterocycles. The number of nitrogens with one attached hydrogen (secondary N) is 1. The smallest absolute Gasteiger partial charge is 0.234 e. The van der Waals surface area contributed by atoms with E-state index in [2.05, 4.69) is 12.2 Å². The Bertz CT molecular complexity index is 278. The molecule has 4 nitrogen and oxygen atoms in total. The molecule has 0 aromatic rings. The second-order valence-electron chi connectivity index (χ2n) is 4.94. The Hall–Kier alpha value is -0.420. The number of hydrogen-bond donors (Lipinski definition) is 1. The summed E-state index contributed by atoms with van der Waals surface area (Å²) < 4.78 is 11.9. The highest BCUT2D eigenvalue weighted by molar-refractivity contribution is 7.85. The average Bonchev–Trinajstić information content (AvgIpc) is 3.07. The Morgan fingerprint density at radius 1 is 1.47 bits per heavy atom. The van der Waals surface area contributed by atoms with Crippen LogP contribution in [0.1, 0.15) is 26.2 Å². The molecule has 2 atom stereocenters. The van der Waals surface area contributed by atoms with Crippen molar-refractivity contribution in [2.45, 2.75) is 32.2 Å². The Labute approximate surface area is 107 Å². The van der Waals surface area contributed by atoms with E-state index in [-0.39, 0.29) is 11.7 Å². The van der Waals surface area contributed by atoms with Gasteiger partial charge in [-0.25, -0.2) is 0 Å². The number of nitrogens with zero attached hydrogens (tertiary/aromatic N) is 1. The van der Waals surface area contributed by atoms with Crippen molar-refractivity contribution in [3.8, 4) is 0 Å². The van der Waals surface area contributed by atoms with Crippen LogP contribution in [0.15, 0.2) is 0 Å². The number of amides is 1. The zero-order valence-corrected chi connectivity index (χ0v) is 11.9. The quantitative estimate of drug-likeness (QED) is 0.695.